The van der Waals surface area contributed by atoms with Crippen molar-refractivity contribution in [3.05, 3.63) is 37.4 Å². The third-order valence-corrected chi connectivity index (χ3v) is 11.5. The molecule has 10 rings (SSSR count). The van der Waals surface area contributed by atoms with Crippen LogP contribution in [-0.4, -0.2) is 154 Å². The number of ether oxygens (including phenoxy) is 3. The summed E-state index contributed by atoms with van der Waals surface area (Å²) in [5.41, 5.74) is 16.8. The summed E-state index contributed by atoms with van der Waals surface area (Å²) < 4.78 is 20.8. The number of amides is 1. The second kappa shape index (κ2) is 19.3. The maximum atomic E-state index is 12.5. The van der Waals surface area contributed by atoms with Gasteiger partial charge in [0.15, 0.2) is 11.3 Å². The van der Waals surface area contributed by atoms with E-state index in [0.717, 1.165) is 85.5 Å². The van der Waals surface area contributed by atoms with Gasteiger partial charge in [-0.3, -0.25) is 0 Å². The molecule has 10 heterocycles. The second-order valence-corrected chi connectivity index (χ2v) is 16.9. The number of morpholine rings is 2. The fourth-order valence-corrected chi connectivity index (χ4v) is 8.22. The molecule has 0 aromatic carbocycles. The van der Waals surface area contributed by atoms with Gasteiger partial charge in [-0.25, -0.2) is 44.7 Å². The highest BCUT2D eigenvalue weighted by molar-refractivity contribution is 5.89. The van der Waals surface area contributed by atoms with Crippen LogP contribution in [-0.2, 0) is 14.2 Å². The first-order chi connectivity index (χ1) is 30.6. The van der Waals surface area contributed by atoms with E-state index in [1.54, 1.807) is 29.7 Å². The molecule has 0 spiro atoms. The number of hydrogen-bond acceptors (Lipinski definition) is 19. The van der Waals surface area contributed by atoms with E-state index in [1.165, 1.54) is 0 Å². The van der Waals surface area contributed by atoms with Crippen LogP contribution < -0.4 is 26.6 Å². The summed E-state index contributed by atoms with van der Waals surface area (Å²) in [5.74, 6) is 1.76. The molecule has 0 aliphatic carbocycles. The van der Waals surface area contributed by atoms with Gasteiger partial charge in [-0.15, -0.1) is 12.4 Å². The van der Waals surface area contributed by atoms with Gasteiger partial charge in [0, 0.05) is 87.3 Å². The highest BCUT2D eigenvalue weighted by Gasteiger charge is 2.30. The van der Waals surface area contributed by atoms with Crippen molar-refractivity contribution in [3.8, 4) is 22.5 Å². The van der Waals surface area contributed by atoms with E-state index in [2.05, 4.69) is 54.2 Å². The Labute approximate surface area is 376 Å². The monoisotopic (exact) mass is 898 g/mol. The number of carbonyl (C=O) groups excluding carboxylic acids is 1. The smallest absolute Gasteiger partial charge is 0.410 e. The van der Waals surface area contributed by atoms with Crippen LogP contribution in [0.1, 0.15) is 58.5 Å². The van der Waals surface area contributed by atoms with Crippen molar-refractivity contribution in [1.82, 2.24) is 69.2 Å². The molecule has 4 fully saturated rings. The summed E-state index contributed by atoms with van der Waals surface area (Å²) in [5, 5.41) is 3.41. The quantitative estimate of drug-likeness (QED) is 0.217. The number of nitrogens with zero attached hydrogens (tertiary/aromatic N) is 15. The summed E-state index contributed by atoms with van der Waals surface area (Å²) in [7, 11) is 0. The molecule has 0 atom stereocenters. The van der Waals surface area contributed by atoms with Gasteiger partial charge in [0.25, 0.3) is 0 Å². The zero-order valence-corrected chi connectivity index (χ0v) is 37.2. The van der Waals surface area contributed by atoms with Gasteiger partial charge in [-0.1, -0.05) is 0 Å². The first-order valence-electron chi connectivity index (χ1n) is 21.6. The molecule has 64 heavy (non-hydrogen) atoms. The number of nitrogens with two attached hydrogens (primary N) is 2. The Hall–Kier alpha value is -6.10. The molecular formula is C41H55ClN18O4. The minimum atomic E-state index is -0.510. The van der Waals surface area contributed by atoms with E-state index in [-0.39, 0.29) is 36.4 Å². The first-order valence-corrected chi connectivity index (χ1v) is 21.6. The summed E-state index contributed by atoms with van der Waals surface area (Å²) >= 11 is 0. The Bertz CT molecular complexity index is 2510. The second-order valence-electron chi connectivity index (χ2n) is 16.9. The van der Waals surface area contributed by atoms with Crippen molar-refractivity contribution < 1.29 is 19.0 Å². The van der Waals surface area contributed by atoms with Crippen molar-refractivity contribution in [1.29, 1.82) is 0 Å². The molecular weight excluding hydrogens is 844 g/mol. The highest BCUT2D eigenvalue weighted by atomic mass is 35.5. The molecule has 0 radical (unpaired) electrons. The number of nitrogen functional groups attached to an aromatic ring is 2. The number of likely N-dealkylation sites (tertiary alicyclic amines) is 1. The molecule has 6 aromatic rings. The molecule has 22 nitrogen and oxygen atoms in total. The van der Waals surface area contributed by atoms with Crippen LogP contribution in [0.15, 0.2) is 37.4 Å². The Morgan fingerprint density at radius 3 is 1.48 bits per heavy atom. The van der Waals surface area contributed by atoms with Gasteiger partial charge in [0.1, 0.15) is 28.0 Å². The van der Waals surface area contributed by atoms with E-state index in [4.69, 9.17) is 45.6 Å². The number of nitrogens with one attached hydrogen (secondary N) is 1. The fraction of sp³-hybridized carbons (Fsp3) is 0.537. The minimum Gasteiger partial charge on any atom is -0.444 e. The van der Waals surface area contributed by atoms with Crippen LogP contribution in [0.2, 0.25) is 0 Å². The van der Waals surface area contributed by atoms with E-state index < -0.39 is 5.60 Å². The maximum Gasteiger partial charge on any atom is 0.410 e. The molecule has 6 aromatic heterocycles. The molecule has 4 aliphatic rings. The summed E-state index contributed by atoms with van der Waals surface area (Å²) in [6, 6.07) is 0.538. The van der Waals surface area contributed by atoms with E-state index in [1.807, 2.05) is 33.4 Å². The van der Waals surface area contributed by atoms with Gasteiger partial charge >= 0.3 is 6.09 Å². The molecule has 340 valence electrons. The largest absolute Gasteiger partial charge is 0.444 e. The normalized spacial score (nSPS) is 17.8. The molecule has 5 N–H and O–H groups in total. The van der Waals surface area contributed by atoms with Crippen molar-refractivity contribution in [3.63, 3.8) is 0 Å². The van der Waals surface area contributed by atoms with Crippen molar-refractivity contribution in [2.24, 2.45) is 0 Å². The van der Waals surface area contributed by atoms with E-state index in [9.17, 15) is 4.79 Å². The Kier molecular flexibility index (Phi) is 13.4. The average Bonchev–Trinajstić information content (AvgIpc) is 3.95. The third kappa shape index (κ3) is 9.83. The fourth-order valence-electron chi connectivity index (χ4n) is 8.22. The number of rotatable bonds is 6. The predicted octanol–water partition coefficient (Wildman–Crippen LogP) is 3.32. The van der Waals surface area contributed by atoms with Crippen molar-refractivity contribution in [2.45, 2.75) is 64.1 Å². The van der Waals surface area contributed by atoms with E-state index >= 15 is 0 Å². The molecule has 1 amide bonds. The van der Waals surface area contributed by atoms with Crippen LogP contribution in [0.25, 0.3) is 44.8 Å². The number of halogens is 1. The highest BCUT2D eigenvalue weighted by Crippen LogP contribution is 2.33. The number of fused-ring (bicyclic) bond motifs is 2. The molecule has 4 saturated heterocycles. The predicted molar refractivity (Wildman–Crippen MR) is 242 cm³/mol. The number of piperidine rings is 2. The lowest BCUT2D eigenvalue weighted by molar-refractivity contribution is 0.0189. The van der Waals surface area contributed by atoms with Crippen LogP contribution >= 0.6 is 12.4 Å². The van der Waals surface area contributed by atoms with Crippen LogP contribution in [0.3, 0.4) is 0 Å². The lowest BCUT2D eigenvalue weighted by atomic mass is 10.1. The van der Waals surface area contributed by atoms with Crippen molar-refractivity contribution in [2.75, 3.05) is 100 Å². The van der Waals surface area contributed by atoms with Crippen LogP contribution in [0.4, 0.5) is 28.6 Å². The van der Waals surface area contributed by atoms with Gasteiger partial charge in [-0.05, 0) is 59.5 Å². The van der Waals surface area contributed by atoms with Gasteiger partial charge in [0.2, 0.25) is 23.8 Å². The molecule has 0 saturated carbocycles. The summed E-state index contributed by atoms with van der Waals surface area (Å²) in [4.78, 5) is 63.9. The molecule has 4 aliphatic heterocycles. The zero-order chi connectivity index (χ0) is 43.5. The maximum absolute atomic E-state index is 12.5. The lowest BCUT2D eigenvalue weighted by Gasteiger charge is -2.34. The number of hydrogen-bond donors (Lipinski definition) is 3. The minimum absolute atomic E-state index is 0. The number of anilines is 4. The number of imidazole rings is 2. The molecule has 0 bridgehead atoms. The number of aromatic nitrogens is 12. The zero-order valence-electron chi connectivity index (χ0n) is 36.3. The molecule has 23 heteroatoms. The Morgan fingerprint density at radius 1 is 0.641 bits per heavy atom. The summed E-state index contributed by atoms with van der Waals surface area (Å²) in [6.45, 7) is 14.4. The molecule has 0 unspecified atom stereocenters. The summed E-state index contributed by atoms with van der Waals surface area (Å²) in [6.07, 6.45) is 13.8. The lowest BCUT2D eigenvalue weighted by Crippen LogP contribution is -2.42. The third-order valence-electron chi connectivity index (χ3n) is 11.5. The van der Waals surface area contributed by atoms with Gasteiger partial charge in [0.05, 0.1) is 39.1 Å². The average molecular weight is 899 g/mol. The van der Waals surface area contributed by atoms with Crippen LogP contribution in [0, 0.1) is 0 Å². The Morgan fingerprint density at radius 2 is 1.06 bits per heavy atom. The van der Waals surface area contributed by atoms with Crippen LogP contribution in [0.5, 0.6) is 0 Å². The topological polar surface area (TPSA) is 257 Å². The Balaban J connectivity index is 0.000000176. The van der Waals surface area contributed by atoms with Crippen molar-refractivity contribution >= 4 is 64.6 Å². The van der Waals surface area contributed by atoms with Gasteiger partial charge < -0.3 is 54.8 Å². The standard InChI is InChI=1S/C23H31N9O3.C18H23N9O.ClH/c1-23(2,3)35-22(33)31-6-4-16(5-7-31)32-14-27-18-17(15-12-25-20(24)26-13-15)28-21(29-19(18)32)30-8-10-34-11-9-30;19-17-21-9-12(10-22-17)14-15-16(25-18(24-14)26-5-7-28-8-6-26)27(11-23-15)13-1-3-20-4-2-13;/h12-14,16H,4-11H2,1-3H3,(H2,24,25,26);9-11,13,20H,1-8H2,(H2,19,21,22);1H. The SMILES string of the molecule is CC(C)(C)OC(=O)N1CCC(n2cnc3c(-c4cnc(N)nc4)nc(N4CCOCC4)nc32)CC1.Cl.Nc1ncc(-c2nc(N3CCOCC3)nc3c2ncn3C2CCNCC2)cn1. The van der Waals surface area contributed by atoms with E-state index in [0.29, 0.717) is 81.8 Å². The van der Waals surface area contributed by atoms with Gasteiger partial charge in [-0.2, -0.15) is 9.97 Å². The first kappa shape index (κ1) is 44.5. The number of carbonyl (C=O) groups is 1.